The molecule has 0 radical (unpaired) electrons. The van der Waals surface area contributed by atoms with Gasteiger partial charge in [0.2, 0.25) is 0 Å². The van der Waals surface area contributed by atoms with Gasteiger partial charge in [0, 0.05) is 17.1 Å². The Hall–Kier alpha value is -0.440. The van der Waals surface area contributed by atoms with Gasteiger partial charge in [-0.25, -0.2) is 16.8 Å². The van der Waals surface area contributed by atoms with Crippen LogP contribution in [-0.2, 0) is 19.7 Å². The molecule has 5 nitrogen and oxygen atoms in total. The average molecular weight is 396 g/mol. The fraction of sp³-hybridized carbons (Fsp3) is 0.538. The normalized spacial score (nSPS) is 21.8. The second-order valence-corrected chi connectivity index (χ2v) is 10.6. The van der Waals surface area contributed by atoms with Crippen LogP contribution in [0.4, 0.5) is 0 Å². The maximum absolute atomic E-state index is 12.2. The maximum atomic E-state index is 12.2. The molecule has 0 unspecified atom stereocenters. The number of benzene rings is 1. The Balaban J connectivity index is 1.97. The summed E-state index contributed by atoms with van der Waals surface area (Å²) in [5.74, 6) is 0.310. The first-order chi connectivity index (χ1) is 9.70. The molecule has 0 spiro atoms. The molecule has 0 amide bonds. The van der Waals surface area contributed by atoms with Crippen molar-refractivity contribution in [2.45, 2.75) is 17.4 Å². The third kappa shape index (κ3) is 4.51. The standard InChI is InChI=1S/C13H18BrNO4S2/c1-15(12-6-8-20(16,17)10-12)7-9-21(18,19)13-4-2-11(14)3-5-13/h2-5,12H,6-10H2,1H3/t12-/m0/s1. The average Bonchev–Trinajstić information content (AvgIpc) is 2.77. The molecule has 1 aliphatic rings. The van der Waals surface area contributed by atoms with Gasteiger partial charge in [-0.2, -0.15) is 0 Å². The van der Waals surface area contributed by atoms with Gasteiger partial charge in [-0.15, -0.1) is 0 Å². The van der Waals surface area contributed by atoms with Crippen molar-refractivity contribution < 1.29 is 16.8 Å². The zero-order valence-electron chi connectivity index (χ0n) is 11.7. The summed E-state index contributed by atoms with van der Waals surface area (Å²) in [6.45, 7) is 0.332. The SMILES string of the molecule is CN(CCS(=O)(=O)c1ccc(Br)cc1)[C@H]1CCS(=O)(=O)C1. The minimum absolute atomic E-state index is 0.0122. The summed E-state index contributed by atoms with van der Waals surface area (Å²) in [5.41, 5.74) is 0. The van der Waals surface area contributed by atoms with Crippen LogP contribution in [0.25, 0.3) is 0 Å². The molecule has 1 saturated heterocycles. The number of nitrogens with zero attached hydrogens (tertiary/aromatic N) is 1. The Labute approximate surface area is 134 Å². The molecule has 0 saturated carbocycles. The molecule has 0 N–H and O–H groups in total. The topological polar surface area (TPSA) is 71.5 Å². The van der Waals surface area contributed by atoms with Crippen LogP contribution in [0.3, 0.4) is 0 Å². The van der Waals surface area contributed by atoms with E-state index < -0.39 is 19.7 Å². The second-order valence-electron chi connectivity index (χ2n) is 5.31. The van der Waals surface area contributed by atoms with Crippen molar-refractivity contribution in [2.75, 3.05) is 30.9 Å². The Bertz CT molecular complexity index is 698. The van der Waals surface area contributed by atoms with Crippen molar-refractivity contribution in [3.8, 4) is 0 Å². The first kappa shape index (κ1) is 16.9. The number of halogens is 1. The van der Waals surface area contributed by atoms with Gasteiger partial charge in [0.1, 0.15) is 0 Å². The smallest absolute Gasteiger partial charge is 0.179 e. The van der Waals surface area contributed by atoms with Gasteiger partial charge in [0.05, 0.1) is 22.2 Å². The molecule has 1 aromatic carbocycles. The van der Waals surface area contributed by atoms with Crippen LogP contribution in [0.1, 0.15) is 6.42 Å². The van der Waals surface area contributed by atoms with Crippen molar-refractivity contribution in [3.05, 3.63) is 28.7 Å². The van der Waals surface area contributed by atoms with Crippen LogP contribution in [-0.4, -0.2) is 58.6 Å². The molecule has 2 rings (SSSR count). The van der Waals surface area contributed by atoms with Crippen LogP contribution in [0.2, 0.25) is 0 Å². The summed E-state index contributed by atoms with van der Waals surface area (Å²) in [4.78, 5) is 2.12. The van der Waals surface area contributed by atoms with Crippen molar-refractivity contribution in [3.63, 3.8) is 0 Å². The minimum Gasteiger partial charge on any atom is -0.301 e. The molecular weight excluding hydrogens is 378 g/mol. The maximum Gasteiger partial charge on any atom is 0.179 e. The first-order valence-electron chi connectivity index (χ1n) is 6.59. The van der Waals surface area contributed by atoms with Crippen LogP contribution in [0, 0.1) is 0 Å². The molecule has 0 bridgehead atoms. The summed E-state index contributed by atoms with van der Waals surface area (Å²) >= 11 is 3.27. The van der Waals surface area contributed by atoms with E-state index in [-0.39, 0.29) is 28.2 Å². The Morgan fingerprint density at radius 2 is 1.90 bits per heavy atom. The molecule has 0 aromatic heterocycles. The Morgan fingerprint density at radius 3 is 2.43 bits per heavy atom. The molecule has 21 heavy (non-hydrogen) atoms. The van der Waals surface area contributed by atoms with E-state index >= 15 is 0 Å². The first-order valence-corrected chi connectivity index (χ1v) is 10.9. The lowest BCUT2D eigenvalue weighted by atomic mass is 10.2. The zero-order chi connectivity index (χ0) is 15.7. The van der Waals surface area contributed by atoms with Crippen LogP contribution < -0.4 is 0 Å². The molecule has 8 heteroatoms. The summed E-state index contributed by atoms with van der Waals surface area (Å²) in [6.07, 6.45) is 0.581. The van der Waals surface area contributed by atoms with Crippen LogP contribution >= 0.6 is 15.9 Å². The van der Waals surface area contributed by atoms with Gasteiger partial charge in [-0.1, -0.05) is 15.9 Å². The molecule has 0 aliphatic carbocycles. The molecule has 1 atom stereocenters. The number of sulfone groups is 2. The van der Waals surface area contributed by atoms with E-state index in [1.165, 1.54) is 0 Å². The highest BCUT2D eigenvalue weighted by Crippen LogP contribution is 2.18. The van der Waals surface area contributed by atoms with Gasteiger partial charge in [-0.05, 0) is 37.7 Å². The number of rotatable bonds is 5. The van der Waals surface area contributed by atoms with Gasteiger partial charge in [0.25, 0.3) is 0 Å². The molecular formula is C13H18BrNO4S2. The number of hydrogen-bond donors (Lipinski definition) is 0. The monoisotopic (exact) mass is 395 g/mol. The largest absolute Gasteiger partial charge is 0.301 e. The predicted octanol–water partition coefficient (Wildman–Crippen LogP) is 1.34. The van der Waals surface area contributed by atoms with Crippen molar-refractivity contribution in [1.82, 2.24) is 4.90 Å². The molecule has 1 aliphatic heterocycles. The lowest BCUT2D eigenvalue weighted by molar-refractivity contribution is 0.276. The quantitative estimate of drug-likeness (QED) is 0.751. The van der Waals surface area contributed by atoms with Gasteiger partial charge in [-0.3, -0.25) is 0 Å². The molecule has 1 aromatic rings. The summed E-state index contributed by atoms with van der Waals surface area (Å²) < 4.78 is 48.2. The third-order valence-electron chi connectivity index (χ3n) is 3.72. The molecule has 1 fully saturated rings. The number of hydrogen-bond acceptors (Lipinski definition) is 5. The molecule has 1 heterocycles. The highest BCUT2D eigenvalue weighted by atomic mass is 79.9. The summed E-state index contributed by atoms with van der Waals surface area (Å²) in [5, 5.41) is 0. The zero-order valence-corrected chi connectivity index (χ0v) is 14.9. The fourth-order valence-electron chi connectivity index (χ4n) is 2.33. The van der Waals surface area contributed by atoms with Gasteiger partial charge in [0.15, 0.2) is 19.7 Å². The van der Waals surface area contributed by atoms with E-state index in [9.17, 15) is 16.8 Å². The Morgan fingerprint density at radius 1 is 1.29 bits per heavy atom. The van der Waals surface area contributed by atoms with E-state index in [1.807, 2.05) is 4.90 Å². The van der Waals surface area contributed by atoms with Gasteiger partial charge >= 0.3 is 0 Å². The molecule has 118 valence electrons. The van der Waals surface area contributed by atoms with E-state index in [0.717, 1.165) is 4.47 Å². The third-order valence-corrected chi connectivity index (χ3v) is 7.71. The van der Waals surface area contributed by atoms with E-state index in [0.29, 0.717) is 13.0 Å². The minimum atomic E-state index is -3.34. The van der Waals surface area contributed by atoms with Crippen molar-refractivity contribution >= 4 is 35.6 Å². The van der Waals surface area contributed by atoms with E-state index in [4.69, 9.17) is 0 Å². The lowest BCUT2D eigenvalue weighted by Gasteiger charge is -2.22. The Kier molecular flexibility index (Phi) is 5.12. The van der Waals surface area contributed by atoms with Crippen LogP contribution in [0.15, 0.2) is 33.6 Å². The van der Waals surface area contributed by atoms with E-state index in [1.54, 1.807) is 31.3 Å². The van der Waals surface area contributed by atoms with Crippen molar-refractivity contribution in [1.29, 1.82) is 0 Å². The fourth-order valence-corrected chi connectivity index (χ4v) is 5.71. The summed E-state index contributed by atoms with van der Waals surface area (Å²) in [7, 11) is -4.51. The van der Waals surface area contributed by atoms with Crippen molar-refractivity contribution in [2.24, 2.45) is 0 Å². The summed E-state index contributed by atoms with van der Waals surface area (Å²) in [6, 6.07) is 6.45. The highest BCUT2D eigenvalue weighted by molar-refractivity contribution is 9.10. The van der Waals surface area contributed by atoms with Gasteiger partial charge < -0.3 is 4.90 Å². The second kappa shape index (κ2) is 6.36. The predicted molar refractivity (Wildman–Crippen MR) is 85.9 cm³/mol. The van der Waals surface area contributed by atoms with E-state index in [2.05, 4.69) is 15.9 Å². The van der Waals surface area contributed by atoms with Crippen LogP contribution in [0.5, 0.6) is 0 Å². The highest BCUT2D eigenvalue weighted by Gasteiger charge is 2.31. The lowest BCUT2D eigenvalue weighted by Crippen LogP contribution is -2.36.